The molecule has 33 heavy (non-hydrogen) atoms. The SMILES string of the molecule is CCCCCC[C@@H](O)C/C=C\CCCCCCCC(=O)OC[C@@H](CO)OCc1ccccc1. The van der Waals surface area contributed by atoms with E-state index in [9.17, 15) is 15.0 Å². The minimum atomic E-state index is -0.496. The van der Waals surface area contributed by atoms with Crippen molar-refractivity contribution in [2.24, 2.45) is 0 Å². The number of allylic oxidation sites excluding steroid dienone is 1. The molecule has 0 aromatic heterocycles. The second-order valence-electron chi connectivity index (χ2n) is 8.80. The van der Waals surface area contributed by atoms with Crippen LogP contribution >= 0.6 is 0 Å². The predicted molar refractivity (Wildman–Crippen MR) is 134 cm³/mol. The van der Waals surface area contributed by atoms with Crippen LogP contribution in [0.25, 0.3) is 0 Å². The Balaban J connectivity index is 1.94. The molecule has 0 aliphatic carbocycles. The highest BCUT2D eigenvalue weighted by atomic mass is 16.6. The van der Waals surface area contributed by atoms with Crippen molar-refractivity contribution in [1.82, 2.24) is 0 Å². The van der Waals surface area contributed by atoms with Gasteiger partial charge in [0, 0.05) is 6.42 Å². The Hall–Kier alpha value is -1.69. The van der Waals surface area contributed by atoms with E-state index in [1.165, 1.54) is 19.3 Å². The van der Waals surface area contributed by atoms with Gasteiger partial charge >= 0.3 is 5.97 Å². The van der Waals surface area contributed by atoms with E-state index in [0.29, 0.717) is 13.0 Å². The van der Waals surface area contributed by atoms with Gasteiger partial charge < -0.3 is 19.7 Å². The third-order valence-electron chi connectivity index (χ3n) is 5.68. The van der Waals surface area contributed by atoms with Crippen molar-refractivity contribution in [3.8, 4) is 0 Å². The van der Waals surface area contributed by atoms with E-state index in [1.54, 1.807) is 0 Å². The van der Waals surface area contributed by atoms with Gasteiger partial charge in [-0.15, -0.1) is 0 Å². The van der Waals surface area contributed by atoms with Gasteiger partial charge in [-0.1, -0.05) is 94.4 Å². The lowest BCUT2D eigenvalue weighted by Crippen LogP contribution is -2.25. The fraction of sp³-hybridized carbons (Fsp3) is 0.679. The first-order valence-electron chi connectivity index (χ1n) is 12.9. The number of aliphatic hydroxyl groups is 2. The zero-order valence-electron chi connectivity index (χ0n) is 20.6. The summed E-state index contributed by atoms with van der Waals surface area (Å²) in [5, 5.41) is 19.4. The average molecular weight is 463 g/mol. The van der Waals surface area contributed by atoms with Crippen LogP contribution in [0.15, 0.2) is 42.5 Å². The second-order valence-corrected chi connectivity index (χ2v) is 8.80. The number of benzene rings is 1. The Labute approximate surface area is 201 Å². The molecule has 2 atom stereocenters. The fourth-order valence-corrected chi connectivity index (χ4v) is 3.56. The summed E-state index contributed by atoms with van der Waals surface area (Å²) < 4.78 is 10.9. The molecule has 0 bridgehead atoms. The topological polar surface area (TPSA) is 76.0 Å². The minimum Gasteiger partial charge on any atom is -0.463 e. The maximum atomic E-state index is 11.9. The molecule has 0 saturated heterocycles. The summed E-state index contributed by atoms with van der Waals surface area (Å²) in [5.74, 6) is -0.229. The highest BCUT2D eigenvalue weighted by Crippen LogP contribution is 2.11. The lowest BCUT2D eigenvalue weighted by molar-refractivity contribution is -0.149. The fourth-order valence-electron chi connectivity index (χ4n) is 3.56. The summed E-state index contributed by atoms with van der Waals surface area (Å²) in [6, 6.07) is 9.73. The predicted octanol–water partition coefficient (Wildman–Crippen LogP) is 6.12. The van der Waals surface area contributed by atoms with Crippen LogP contribution in [0, 0.1) is 0 Å². The Kier molecular flexibility index (Phi) is 18.6. The Morgan fingerprint density at radius 1 is 0.970 bits per heavy atom. The summed E-state index contributed by atoms with van der Waals surface area (Å²) >= 11 is 0. The van der Waals surface area contributed by atoms with Gasteiger partial charge in [-0.25, -0.2) is 0 Å². The molecular formula is C28H46O5. The van der Waals surface area contributed by atoms with Gasteiger partial charge in [0.1, 0.15) is 12.7 Å². The molecule has 1 rings (SSSR count). The molecule has 2 N–H and O–H groups in total. The first-order chi connectivity index (χ1) is 16.2. The van der Waals surface area contributed by atoms with E-state index < -0.39 is 6.10 Å². The quantitative estimate of drug-likeness (QED) is 0.131. The number of carbonyl (C=O) groups is 1. The molecule has 1 aromatic rings. The molecule has 5 nitrogen and oxygen atoms in total. The normalized spacial score (nSPS) is 13.3. The number of aliphatic hydroxyl groups excluding tert-OH is 2. The summed E-state index contributed by atoms with van der Waals surface area (Å²) in [5.41, 5.74) is 1.02. The summed E-state index contributed by atoms with van der Waals surface area (Å²) in [6.45, 7) is 2.50. The third-order valence-corrected chi connectivity index (χ3v) is 5.68. The van der Waals surface area contributed by atoms with E-state index >= 15 is 0 Å². The monoisotopic (exact) mass is 462 g/mol. The number of ether oxygens (including phenoxy) is 2. The van der Waals surface area contributed by atoms with E-state index in [2.05, 4.69) is 19.1 Å². The van der Waals surface area contributed by atoms with Crippen molar-refractivity contribution >= 4 is 5.97 Å². The van der Waals surface area contributed by atoms with Crippen LogP contribution in [-0.2, 0) is 20.9 Å². The van der Waals surface area contributed by atoms with Crippen LogP contribution in [0.2, 0.25) is 0 Å². The van der Waals surface area contributed by atoms with E-state index in [1.807, 2.05) is 30.3 Å². The van der Waals surface area contributed by atoms with Gasteiger partial charge in [0.05, 0.1) is 19.3 Å². The molecule has 0 saturated carbocycles. The van der Waals surface area contributed by atoms with Crippen LogP contribution in [0.1, 0.15) is 96.0 Å². The maximum absolute atomic E-state index is 11.9. The second kappa shape index (κ2) is 20.9. The number of esters is 1. The van der Waals surface area contributed by atoms with Gasteiger partial charge in [0.2, 0.25) is 0 Å². The van der Waals surface area contributed by atoms with Gasteiger partial charge in [0.15, 0.2) is 0 Å². The van der Waals surface area contributed by atoms with Crippen LogP contribution in [0.5, 0.6) is 0 Å². The molecular weight excluding hydrogens is 416 g/mol. The van der Waals surface area contributed by atoms with Gasteiger partial charge in [-0.3, -0.25) is 4.79 Å². The molecule has 0 unspecified atom stereocenters. The lowest BCUT2D eigenvalue weighted by atomic mass is 10.1. The Morgan fingerprint density at radius 3 is 2.45 bits per heavy atom. The van der Waals surface area contributed by atoms with E-state index in [-0.39, 0.29) is 25.3 Å². The van der Waals surface area contributed by atoms with Gasteiger partial charge in [-0.2, -0.15) is 0 Å². The zero-order chi connectivity index (χ0) is 24.0. The number of hydrogen-bond acceptors (Lipinski definition) is 5. The molecule has 0 heterocycles. The Morgan fingerprint density at radius 2 is 1.70 bits per heavy atom. The van der Waals surface area contributed by atoms with Gasteiger partial charge in [0.25, 0.3) is 0 Å². The number of carbonyl (C=O) groups excluding carboxylic acids is 1. The largest absolute Gasteiger partial charge is 0.463 e. The standard InChI is InChI=1S/C28H46O5/c1-2-3-4-14-19-26(30)20-15-9-7-5-6-8-10-16-21-28(31)33-24-27(22-29)32-23-25-17-12-11-13-18-25/h9,11-13,15,17-18,26-27,29-30H,2-8,10,14,16,19-24H2,1H3/b15-9-/t26-,27-/m1/s1. The molecule has 1 aromatic carbocycles. The van der Waals surface area contributed by atoms with Crippen molar-refractivity contribution in [3.05, 3.63) is 48.0 Å². The minimum absolute atomic E-state index is 0.0853. The van der Waals surface area contributed by atoms with Gasteiger partial charge in [-0.05, 0) is 37.7 Å². The highest BCUT2D eigenvalue weighted by Gasteiger charge is 2.12. The molecule has 0 fully saturated rings. The first kappa shape index (κ1) is 29.3. The van der Waals surface area contributed by atoms with Crippen LogP contribution in [0.4, 0.5) is 0 Å². The third kappa shape index (κ3) is 17.5. The molecule has 0 radical (unpaired) electrons. The van der Waals surface area contributed by atoms with Crippen LogP contribution in [0.3, 0.4) is 0 Å². The lowest BCUT2D eigenvalue weighted by Gasteiger charge is -2.15. The van der Waals surface area contributed by atoms with E-state index in [0.717, 1.165) is 63.4 Å². The Bertz CT molecular complexity index is 602. The molecule has 188 valence electrons. The number of hydrogen-bond donors (Lipinski definition) is 2. The van der Waals surface area contributed by atoms with Crippen LogP contribution in [-0.4, -0.2) is 41.6 Å². The van der Waals surface area contributed by atoms with Crippen molar-refractivity contribution in [2.45, 2.75) is 109 Å². The summed E-state index contributed by atoms with van der Waals surface area (Å²) in [4.78, 5) is 11.9. The summed E-state index contributed by atoms with van der Waals surface area (Å²) in [7, 11) is 0. The average Bonchev–Trinajstić information content (AvgIpc) is 2.83. The molecule has 0 aliphatic heterocycles. The van der Waals surface area contributed by atoms with E-state index in [4.69, 9.17) is 9.47 Å². The highest BCUT2D eigenvalue weighted by molar-refractivity contribution is 5.69. The molecule has 5 heteroatoms. The zero-order valence-corrected chi connectivity index (χ0v) is 20.6. The van der Waals surface area contributed by atoms with Crippen molar-refractivity contribution < 1.29 is 24.5 Å². The van der Waals surface area contributed by atoms with Crippen molar-refractivity contribution in [3.63, 3.8) is 0 Å². The maximum Gasteiger partial charge on any atom is 0.305 e. The molecule has 0 spiro atoms. The molecule has 0 amide bonds. The smallest absolute Gasteiger partial charge is 0.305 e. The van der Waals surface area contributed by atoms with Crippen molar-refractivity contribution in [2.75, 3.05) is 13.2 Å². The van der Waals surface area contributed by atoms with Crippen LogP contribution < -0.4 is 0 Å². The summed E-state index contributed by atoms with van der Waals surface area (Å²) in [6.07, 6.45) is 16.8. The number of unbranched alkanes of at least 4 members (excludes halogenated alkanes) is 8. The first-order valence-corrected chi connectivity index (χ1v) is 12.9. The number of rotatable bonds is 21. The van der Waals surface area contributed by atoms with Crippen molar-refractivity contribution in [1.29, 1.82) is 0 Å². The molecule has 0 aliphatic rings.